The number of rotatable bonds is 8. The molecule has 2 aromatic carbocycles. The summed E-state index contributed by atoms with van der Waals surface area (Å²) in [5.41, 5.74) is 0.386. The molecular weight excluding hydrogens is 344 g/mol. The molecule has 0 unspecified atom stereocenters. The van der Waals surface area contributed by atoms with Crippen molar-refractivity contribution in [3.8, 4) is 11.5 Å². The molecule has 0 fully saturated rings. The second-order valence-corrected chi connectivity index (χ2v) is 6.63. The number of benzene rings is 2. The van der Waals surface area contributed by atoms with E-state index in [-0.39, 0.29) is 5.91 Å². The van der Waals surface area contributed by atoms with E-state index in [1.54, 1.807) is 39.2 Å². The van der Waals surface area contributed by atoms with Crippen LogP contribution in [0.2, 0.25) is 0 Å². The van der Waals surface area contributed by atoms with E-state index >= 15 is 0 Å². The van der Waals surface area contributed by atoms with Crippen LogP contribution in [0.5, 0.6) is 11.5 Å². The van der Waals surface area contributed by atoms with Crippen molar-refractivity contribution in [1.82, 2.24) is 5.32 Å². The SMILES string of the molecule is COc1ccc(CCNC(=O)C(C)(C)C(=O)Nc2ccccc2OC)cc1. The van der Waals surface area contributed by atoms with Crippen LogP contribution in [0.1, 0.15) is 19.4 Å². The summed E-state index contributed by atoms with van der Waals surface area (Å²) >= 11 is 0. The molecule has 0 aromatic heterocycles. The van der Waals surface area contributed by atoms with Crippen molar-refractivity contribution < 1.29 is 19.1 Å². The Kier molecular flexibility index (Phi) is 6.82. The minimum absolute atomic E-state index is 0.330. The van der Waals surface area contributed by atoms with Gasteiger partial charge >= 0.3 is 0 Å². The van der Waals surface area contributed by atoms with Gasteiger partial charge in [-0.15, -0.1) is 0 Å². The first kappa shape index (κ1) is 20.3. The van der Waals surface area contributed by atoms with E-state index in [0.717, 1.165) is 11.3 Å². The fourth-order valence-corrected chi connectivity index (χ4v) is 2.46. The highest BCUT2D eigenvalue weighted by Gasteiger charge is 2.36. The number of ether oxygens (including phenoxy) is 2. The molecule has 0 atom stereocenters. The van der Waals surface area contributed by atoms with Crippen LogP contribution in [-0.2, 0) is 16.0 Å². The lowest BCUT2D eigenvalue weighted by atomic mass is 9.90. The first-order valence-electron chi connectivity index (χ1n) is 8.74. The van der Waals surface area contributed by atoms with Gasteiger partial charge in [0.2, 0.25) is 11.8 Å². The first-order chi connectivity index (χ1) is 12.9. The minimum atomic E-state index is -1.22. The molecule has 2 amide bonds. The third kappa shape index (κ3) is 5.23. The minimum Gasteiger partial charge on any atom is -0.497 e. The van der Waals surface area contributed by atoms with E-state index in [4.69, 9.17) is 9.47 Å². The first-order valence-corrected chi connectivity index (χ1v) is 8.74. The molecule has 0 spiro atoms. The summed E-state index contributed by atoms with van der Waals surface area (Å²) in [7, 11) is 3.15. The van der Waals surface area contributed by atoms with Crippen LogP contribution in [0.4, 0.5) is 5.69 Å². The van der Waals surface area contributed by atoms with Crippen molar-refractivity contribution in [2.24, 2.45) is 5.41 Å². The number of para-hydroxylation sites is 2. The molecule has 27 heavy (non-hydrogen) atoms. The van der Waals surface area contributed by atoms with Gasteiger partial charge in [-0.2, -0.15) is 0 Å². The number of hydrogen-bond acceptors (Lipinski definition) is 4. The molecule has 0 radical (unpaired) electrons. The fraction of sp³-hybridized carbons (Fsp3) is 0.333. The molecule has 0 saturated heterocycles. The maximum Gasteiger partial charge on any atom is 0.239 e. The standard InChI is InChI=1S/C21H26N2O4/c1-21(2,20(25)23-17-7-5-6-8-18(17)27-4)19(24)22-14-13-15-9-11-16(26-3)12-10-15/h5-12H,13-14H2,1-4H3,(H,22,24)(H,23,25). The van der Waals surface area contributed by atoms with Gasteiger partial charge in [0.25, 0.3) is 0 Å². The van der Waals surface area contributed by atoms with Crippen LogP contribution in [0.15, 0.2) is 48.5 Å². The molecule has 0 aliphatic carbocycles. The zero-order chi connectivity index (χ0) is 19.9. The maximum absolute atomic E-state index is 12.6. The Hall–Kier alpha value is -3.02. The molecule has 0 aliphatic rings. The Bertz CT molecular complexity index is 785. The van der Waals surface area contributed by atoms with Gasteiger partial charge in [0, 0.05) is 6.54 Å². The molecule has 2 N–H and O–H groups in total. The Morgan fingerprint density at radius 3 is 2.22 bits per heavy atom. The van der Waals surface area contributed by atoms with Crippen LogP contribution < -0.4 is 20.1 Å². The Morgan fingerprint density at radius 2 is 1.59 bits per heavy atom. The lowest BCUT2D eigenvalue weighted by molar-refractivity contribution is -0.138. The Morgan fingerprint density at radius 1 is 0.926 bits per heavy atom. The molecule has 6 nitrogen and oxygen atoms in total. The van der Waals surface area contributed by atoms with Gasteiger partial charge < -0.3 is 20.1 Å². The fourth-order valence-electron chi connectivity index (χ4n) is 2.46. The largest absolute Gasteiger partial charge is 0.497 e. The third-order valence-electron chi connectivity index (χ3n) is 4.35. The van der Waals surface area contributed by atoms with Crippen LogP contribution in [0.25, 0.3) is 0 Å². The second-order valence-electron chi connectivity index (χ2n) is 6.63. The predicted octanol–water partition coefficient (Wildman–Crippen LogP) is 3.03. The van der Waals surface area contributed by atoms with Gasteiger partial charge in [-0.05, 0) is 50.1 Å². The highest BCUT2D eigenvalue weighted by Crippen LogP contribution is 2.26. The highest BCUT2D eigenvalue weighted by atomic mass is 16.5. The summed E-state index contributed by atoms with van der Waals surface area (Å²) in [5.74, 6) is 0.607. The van der Waals surface area contributed by atoms with Crippen LogP contribution in [0, 0.1) is 5.41 Å². The molecule has 0 bridgehead atoms. The third-order valence-corrected chi connectivity index (χ3v) is 4.35. The van der Waals surface area contributed by atoms with Crippen molar-refractivity contribution in [2.45, 2.75) is 20.3 Å². The number of anilines is 1. The molecule has 144 valence electrons. The van der Waals surface area contributed by atoms with Crippen LogP contribution >= 0.6 is 0 Å². The topological polar surface area (TPSA) is 76.7 Å². The summed E-state index contributed by atoms with van der Waals surface area (Å²) in [6.07, 6.45) is 0.667. The lowest BCUT2D eigenvalue weighted by Gasteiger charge is -2.23. The van der Waals surface area contributed by atoms with Crippen LogP contribution in [-0.4, -0.2) is 32.6 Å². The van der Waals surface area contributed by atoms with E-state index in [0.29, 0.717) is 24.4 Å². The average molecular weight is 370 g/mol. The van der Waals surface area contributed by atoms with Gasteiger partial charge in [-0.3, -0.25) is 9.59 Å². The van der Waals surface area contributed by atoms with E-state index < -0.39 is 11.3 Å². The highest BCUT2D eigenvalue weighted by molar-refractivity contribution is 6.10. The number of carbonyl (C=O) groups excluding carboxylic acids is 2. The molecule has 0 heterocycles. The summed E-state index contributed by atoms with van der Waals surface area (Å²) in [5, 5.41) is 5.60. The smallest absolute Gasteiger partial charge is 0.239 e. The number of amides is 2. The van der Waals surface area contributed by atoms with Crippen LogP contribution in [0.3, 0.4) is 0 Å². The zero-order valence-corrected chi connectivity index (χ0v) is 16.2. The number of carbonyl (C=O) groups is 2. The molecule has 6 heteroatoms. The maximum atomic E-state index is 12.6. The molecule has 0 saturated carbocycles. The average Bonchev–Trinajstić information content (AvgIpc) is 2.68. The Labute approximate surface area is 159 Å². The summed E-state index contributed by atoms with van der Waals surface area (Å²) < 4.78 is 10.4. The van der Waals surface area contributed by atoms with Crippen molar-refractivity contribution in [3.05, 3.63) is 54.1 Å². The zero-order valence-electron chi connectivity index (χ0n) is 16.2. The van der Waals surface area contributed by atoms with Gasteiger partial charge in [0.05, 0.1) is 19.9 Å². The molecule has 2 aromatic rings. The second kappa shape index (κ2) is 9.07. The normalized spacial score (nSPS) is 10.8. The summed E-state index contributed by atoms with van der Waals surface area (Å²) in [4.78, 5) is 25.1. The van der Waals surface area contributed by atoms with E-state index in [1.807, 2.05) is 30.3 Å². The number of nitrogens with one attached hydrogen (secondary N) is 2. The quantitative estimate of drug-likeness (QED) is 0.701. The van der Waals surface area contributed by atoms with E-state index in [9.17, 15) is 9.59 Å². The predicted molar refractivity (Wildman–Crippen MR) is 105 cm³/mol. The summed E-state index contributed by atoms with van der Waals surface area (Å²) in [6.45, 7) is 3.64. The van der Waals surface area contributed by atoms with Crippen molar-refractivity contribution in [3.63, 3.8) is 0 Å². The van der Waals surface area contributed by atoms with Crippen molar-refractivity contribution >= 4 is 17.5 Å². The summed E-state index contributed by atoms with van der Waals surface area (Å²) in [6, 6.07) is 14.7. The van der Waals surface area contributed by atoms with Gasteiger partial charge in [0.1, 0.15) is 16.9 Å². The van der Waals surface area contributed by atoms with E-state index in [1.165, 1.54) is 7.11 Å². The molecule has 0 aliphatic heterocycles. The number of hydrogen-bond donors (Lipinski definition) is 2. The Balaban J connectivity index is 1.91. The lowest BCUT2D eigenvalue weighted by Crippen LogP contribution is -2.45. The monoisotopic (exact) mass is 370 g/mol. The van der Waals surface area contributed by atoms with Gasteiger partial charge in [-0.1, -0.05) is 24.3 Å². The van der Waals surface area contributed by atoms with Crippen molar-refractivity contribution in [1.29, 1.82) is 0 Å². The van der Waals surface area contributed by atoms with Gasteiger partial charge in [0.15, 0.2) is 0 Å². The number of methoxy groups -OCH3 is 2. The van der Waals surface area contributed by atoms with E-state index in [2.05, 4.69) is 10.6 Å². The van der Waals surface area contributed by atoms with Crippen molar-refractivity contribution in [2.75, 3.05) is 26.1 Å². The molecule has 2 rings (SSSR count). The molecular formula is C21H26N2O4. The van der Waals surface area contributed by atoms with Gasteiger partial charge in [-0.25, -0.2) is 0 Å².